The van der Waals surface area contributed by atoms with Crippen molar-refractivity contribution < 1.29 is 0 Å². The van der Waals surface area contributed by atoms with Crippen LogP contribution in [0.3, 0.4) is 0 Å². The fourth-order valence-corrected chi connectivity index (χ4v) is 8.50. The van der Waals surface area contributed by atoms with Crippen molar-refractivity contribution in [3.63, 3.8) is 0 Å². The molecule has 0 fully saturated rings. The van der Waals surface area contributed by atoms with E-state index in [0.29, 0.717) is 0 Å². The maximum Gasteiger partial charge on any atom is 0.0714 e. The van der Waals surface area contributed by atoms with Gasteiger partial charge in [-0.05, 0) is 135 Å². The molecule has 3 heteroatoms. The van der Waals surface area contributed by atoms with E-state index in [9.17, 15) is 0 Å². The van der Waals surface area contributed by atoms with Gasteiger partial charge in [-0.25, -0.2) is 0 Å². The standard InChI is InChI=1S/C51H40N2.C6H9N.C2H6/c52-50-21-11-8-16-39(50)15-3-1-2-12-32-53-45-29-24-38(25-30-45)42-26-31-47-46-19-9-10-20-48(46)51(49(47)35-42)43-27-22-36-13-4-6-17-40(36)33-44(51)28-23-37-14-5-7-18-41(37)34-43;1-2-3-4-5-6-7;1-2/h1-24,26-29,31-35,53H,25,30,52H2;2-7H,1H3;1-2H3/b2-1-,15-3-,27-22-,28-23-,32-12+,36-22?,37-23?,40-33?,41-34?,43-27?,43-34+,44-28?,44-33+;3-2-,5-4-,7-6?;. The Labute approximate surface area is 368 Å². The van der Waals surface area contributed by atoms with Gasteiger partial charge in [-0.15, -0.1) is 0 Å². The molecule has 0 heterocycles. The SMILES string of the molecule is C/C=C\C=C/C=N.CC.Nc1ccccc1\C=C/C=C\C=C\NC1=CC=C(c2ccc3c(c2)C2(C4=C/c5ccccc5/C=C\C2=C/c2ccccc2/C=C\4)c2ccccc2-3)CC1. The lowest BCUT2D eigenvalue weighted by molar-refractivity contribution is 0.775. The highest BCUT2D eigenvalue weighted by atomic mass is 14.8. The van der Waals surface area contributed by atoms with Crippen molar-refractivity contribution in [3.05, 3.63) is 256 Å². The van der Waals surface area contributed by atoms with Gasteiger partial charge >= 0.3 is 0 Å². The molecule has 5 aromatic carbocycles. The highest BCUT2D eigenvalue weighted by Gasteiger charge is 2.48. The third-order valence-electron chi connectivity index (χ3n) is 11.4. The fraction of sp³-hybridized carbons (Fsp3) is 0.102. The number of nitrogens with two attached hydrogens (primary N) is 1. The average Bonchev–Trinajstić information content (AvgIpc) is 3.61. The molecule has 2 bridgehead atoms. The number of para-hydroxylation sites is 1. The summed E-state index contributed by atoms with van der Waals surface area (Å²) in [6, 6.07) is 41.5. The Bertz CT molecular complexity index is 2700. The molecule has 0 atom stereocenters. The average molecular weight is 806 g/mol. The van der Waals surface area contributed by atoms with Gasteiger partial charge < -0.3 is 16.5 Å². The summed E-state index contributed by atoms with van der Waals surface area (Å²) in [5.41, 5.74) is 24.0. The quantitative estimate of drug-likeness (QED) is 0.0831. The summed E-state index contributed by atoms with van der Waals surface area (Å²) >= 11 is 0. The van der Waals surface area contributed by atoms with Crippen LogP contribution in [0.25, 0.3) is 47.1 Å². The van der Waals surface area contributed by atoms with Crippen molar-refractivity contribution in [2.24, 2.45) is 0 Å². The Kier molecular flexibility index (Phi) is 14.2. The zero-order valence-electron chi connectivity index (χ0n) is 35.9. The number of nitrogen functional groups attached to an aromatic ring is 1. The smallest absolute Gasteiger partial charge is 0.0714 e. The van der Waals surface area contributed by atoms with Gasteiger partial charge in [0.25, 0.3) is 0 Å². The lowest BCUT2D eigenvalue weighted by Gasteiger charge is -2.37. The Morgan fingerprint density at radius 3 is 1.85 bits per heavy atom. The minimum atomic E-state index is -0.477. The van der Waals surface area contributed by atoms with Crippen molar-refractivity contribution in [2.75, 3.05) is 5.73 Å². The Morgan fingerprint density at radius 1 is 0.581 bits per heavy atom. The van der Waals surface area contributed by atoms with Crippen LogP contribution in [0.2, 0.25) is 0 Å². The van der Waals surface area contributed by atoms with E-state index >= 15 is 0 Å². The molecule has 9 rings (SSSR count). The Hall–Kier alpha value is -7.49. The molecule has 62 heavy (non-hydrogen) atoms. The maximum absolute atomic E-state index is 6.54. The molecule has 0 radical (unpaired) electrons. The van der Waals surface area contributed by atoms with Crippen molar-refractivity contribution in [3.8, 4) is 11.1 Å². The topological polar surface area (TPSA) is 61.9 Å². The first-order valence-electron chi connectivity index (χ1n) is 21.6. The van der Waals surface area contributed by atoms with Crippen LogP contribution in [-0.4, -0.2) is 6.21 Å². The predicted molar refractivity (Wildman–Crippen MR) is 270 cm³/mol. The molecule has 4 aliphatic carbocycles. The van der Waals surface area contributed by atoms with Gasteiger partial charge in [0.1, 0.15) is 0 Å². The second kappa shape index (κ2) is 20.7. The lowest BCUT2D eigenvalue weighted by Crippen LogP contribution is -2.30. The minimum absolute atomic E-state index is 0.477. The first-order valence-corrected chi connectivity index (χ1v) is 21.6. The van der Waals surface area contributed by atoms with Gasteiger partial charge in [0, 0.05) is 23.8 Å². The number of hydrogen-bond donors (Lipinski definition) is 3. The highest BCUT2D eigenvalue weighted by Crippen LogP contribution is 2.59. The van der Waals surface area contributed by atoms with Crippen molar-refractivity contribution in [2.45, 2.75) is 39.0 Å². The summed E-state index contributed by atoms with van der Waals surface area (Å²) in [6.45, 7) is 5.94. The number of benzene rings is 5. The molecule has 5 aromatic rings. The second-order valence-corrected chi connectivity index (χ2v) is 15.0. The van der Waals surface area contributed by atoms with Crippen LogP contribution in [-0.2, 0) is 5.41 Å². The van der Waals surface area contributed by atoms with Gasteiger partial charge in [-0.2, -0.15) is 0 Å². The molecule has 3 nitrogen and oxygen atoms in total. The van der Waals surface area contributed by atoms with E-state index in [2.05, 4.69) is 145 Å². The van der Waals surface area contributed by atoms with E-state index in [4.69, 9.17) is 11.1 Å². The molecule has 4 N–H and O–H groups in total. The molecule has 0 saturated carbocycles. The third kappa shape index (κ3) is 9.13. The van der Waals surface area contributed by atoms with E-state index in [0.717, 1.165) is 24.1 Å². The molecule has 0 saturated heterocycles. The fourth-order valence-electron chi connectivity index (χ4n) is 8.50. The van der Waals surface area contributed by atoms with Crippen molar-refractivity contribution in [1.82, 2.24) is 5.32 Å². The van der Waals surface area contributed by atoms with Crippen LogP contribution < -0.4 is 11.1 Å². The van der Waals surface area contributed by atoms with Crippen LogP contribution in [0.4, 0.5) is 5.69 Å². The minimum Gasteiger partial charge on any atom is -0.398 e. The van der Waals surface area contributed by atoms with Gasteiger partial charge in [0.05, 0.1) is 5.41 Å². The number of anilines is 1. The number of allylic oxidation sites excluding steroid dienone is 16. The highest BCUT2D eigenvalue weighted by molar-refractivity contribution is 5.94. The number of fused-ring (bicyclic) bond motifs is 5. The Balaban J connectivity index is 0.000000587. The predicted octanol–water partition coefficient (Wildman–Crippen LogP) is 15.0. The van der Waals surface area contributed by atoms with Gasteiger partial charge in [-0.1, -0.05) is 190 Å². The molecular formula is C59H55N3. The summed E-state index contributed by atoms with van der Waals surface area (Å²) in [5, 5.41) is 10.0. The zero-order valence-corrected chi connectivity index (χ0v) is 35.9. The van der Waals surface area contributed by atoms with E-state index in [1.54, 1.807) is 6.08 Å². The summed E-state index contributed by atoms with van der Waals surface area (Å²) in [4.78, 5) is 0. The zero-order chi connectivity index (χ0) is 43.2. The summed E-state index contributed by atoms with van der Waals surface area (Å²) < 4.78 is 0. The lowest BCUT2D eigenvalue weighted by atomic mass is 9.64. The van der Waals surface area contributed by atoms with Gasteiger partial charge in [-0.3, -0.25) is 0 Å². The van der Waals surface area contributed by atoms with Crippen LogP contribution in [0.1, 0.15) is 78.1 Å². The number of nitrogens with one attached hydrogen (secondary N) is 2. The first kappa shape index (κ1) is 42.6. The van der Waals surface area contributed by atoms with Gasteiger partial charge in [0.2, 0.25) is 0 Å². The Morgan fingerprint density at radius 2 is 1.19 bits per heavy atom. The molecule has 1 spiro atoms. The largest absolute Gasteiger partial charge is 0.398 e. The van der Waals surface area contributed by atoms with E-state index < -0.39 is 5.41 Å². The van der Waals surface area contributed by atoms with Crippen LogP contribution in [0.5, 0.6) is 0 Å². The van der Waals surface area contributed by atoms with Crippen molar-refractivity contribution in [1.29, 1.82) is 5.41 Å². The molecule has 0 amide bonds. The van der Waals surface area contributed by atoms with E-state index in [-0.39, 0.29) is 0 Å². The third-order valence-corrected chi connectivity index (χ3v) is 11.4. The number of rotatable bonds is 8. The molecule has 0 aliphatic heterocycles. The molecule has 4 aliphatic rings. The summed E-state index contributed by atoms with van der Waals surface area (Å²) in [6.07, 6.45) is 41.3. The van der Waals surface area contributed by atoms with Crippen LogP contribution >= 0.6 is 0 Å². The molecule has 306 valence electrons. The normalized spacial score (nSPS) is 19.7. The number of hydrogen-bond acceptors (Lipinski definition) is 3. The molecule has 0 unspecified atom stereocenters. The van der Waals surface area contributed by atoms with Crippen molar-refractivity contribution >= 4 is 47.9 Å². The summed E-state index contributed by atoms with van der Waals surface area (Å²) in [5.74, 6) is 0. The van der Waals surface area contributed by atoms with Crippen LogP contribution in [0.15, 0.2) is 211 Å². The van der Waals surface area contributed by atoms with Gasteiger partial charge in [0.15, 0.2) is 0 Å². The molecule has 0 aromatic heterocycles. The van der Waals surface area contributed by atoms with E-state index in [1.165, 1.54) is 78.7 Å². The maximum atomic E-state index is 6.54. The summed E-state index contributed by atoms with van der Waals surface area (Å²) in [7, 11) is 0. The van der Waals surface area contributed by atoms with E-state index in [1.807, 2.05) is 99.8 Å². The molecular weight excluding hydrogens is 751 g/mol. The second-order valence-electron chi connectivity index (χ2n) is 15.0. The van der Waals surface area contributed by atoms with Crippen LogP contribution in [0, 0.1) is 5.41 Å². The monoisotopic (exact) mass is 805 g/mol. The first-order chi connectivity index (χ1) is 30.6.